The van der Waals surface area contributed by atoms with Crippen molar-refractivity contribution in [2.75, 3.05) is 0 Å². The summed E-state index contributed by atoms with van der Waals surface area (Å²) in [6.07, 6.45) is -0.00364. The Morgan fingerprint density at radius 2 is 2.22 bits per heavy atom. The predicted molar refractivity (Wildman–Crippen MR) is 30.0 cm³/mol. The zero-order valence-corrected chi connectivity index (χ0v) is 4.91. The molecule has 1 radical (unpaired) electrons. The van der Waals surface area contributed by atoms with Crippen molar-refractivity contribution in [3.8, 4) is 0 Å². The molecule has 0 aromatic rings. The van der Waals surface area contributed by atoms with E-state index in [0.29, 0.717) is 0 Å². The first-order valence-corrected chi connectivity index (χ1v) is 2.47. The van der Waals surface area contributed by atoms with E-state index < -0.39 is 12.4 Å². The van der Waals surface area contributed by atoms with E-state index in [4.69, 9.17) is 11.6 Å². The van der Waals surface area contributed by atoms with Crippen molar-refractivity contribution in [1.82, 2.24) is 5.32 Å². The molecule has 1 aliphatic rings. The van der Waals surface area contributed by atoms with E-state index in [9.17, 15) is 8.78 Å². The third kappa shape index (κ3) is 1.38. The van der Waals surface area contributed by atoms with Crippen molar-refractivity contribution < 1.29 is 8.78 Å². The lowest BCUT2D eigenvalue weighted by atomic mass is 10.5. The lowest BCUT2D eigenvalue weighted by molar-refractivity contribution is 0.444. The fourth-order valence-corrected chi connectivity index (χ4v) is 0.451. The minimum atomic E-state index is -1.01. The molecule has 0 fully saturated rings. The molecule has 0 saturated carbocycles. The Bertz CT molecular complexity index is 177. The first-order valence-electron chi connectivity index (χ1n) is 2.09. The van der Waals surface area contributed by atoms with Crippen LogP contribution in [0.4, 0.5) is 8.78 Å². The van der Waals surface area contributed by atoms with Gasteiger partial charge in [0.15, 0.2) is 0 Å². The molecule has 0 atom stereocenters. The largest absolute Gasteiger partial charge is 0.352 e. The average molecular weight is 152 g/mol. The molecule has 1 heterocycles. The van der Waals surface area contributed by atoms with Crippen LogP contribution in [-0.2, 0) is 0 Å². The van der Waals surface area contributed by atoms with Gasteiger partial charge in [-0.05, 0) is 0 Å². The summed E-state index contributed by atoms with van der Waals surface area (Å²) in [4.78, 5) is 2.75. The van der Waals surface area contributed by atoms with E-state index in [0.717, 1.165) is 6.20 Å². The third-order valence-corrected chi connectivity index (χ3v) is 0.976. The molecule has 5 heteroatoms. The SMILES string of the molecule is F[C]1N=C(F)C(Cl)=CN1. The number of hydrogen-bond donors (Lipinski definition) is 1. The van der Waals surface area contributed by atoms with Crippen LogP contribution in [0.3, 0.4) is 0 Å². The highest BCUT2D eigenvalue weighted by Crippen LogP contribution is 2.14. The Morgan fingerprint density at radius 3 is 2.67 bits per heavy atom. The van der Waals surface area contributed by atoms with Gasteiger partial charge in [-0.15, -0.1) is 0 Å². The van der Waals surface area contributed by atoms with Gasteiger partial charge >= 0.3 is 6.42 Å². The molecule has 1 N–H and O–H groups in total. The van der Waals surface area contributed by atoms with Gasteiger partial charge in [-0.25, -0.2) is 0 Å². The maximum absolute atomic E-state index is 12.1. The van der Waals surface area contributed by atoms with Gasteiger partial charge in [0.2, 0.25) is 5.97 Å². The summed E-state index contributed by atoms with van der Waals surface area (Å²) in [5.41, 5.74) is 0. The van der Waals surface area contributed by atoms with Crippen LogP contribution in [0.5, 0.6) is 0 Å². The van der Waals surface area contributed by atoms with E-state index in [1.807, 2.05) is 5.32 Å². The fourth-order valence-electron chi connectivity index (χ4n) is 0.354. The number of aliphatic imine (C=N–C) groups is 1. The second-order valence-electron chi connectivity index (χ2n) is 1.33. The van der Waals surface area contributed by atoms with Crippen molar-refractivity contribution in [2.24, 2.45) is 4.99 Å². The highest BCUT2D eigenvalue weighted by molar-refractivity contribution is 6.42. The van der Waals surface area contributed by atoms with Crippen LogP contribution in [0.15, 0.2) is 16.2 Å². The van der Waals surface area contributed by atoms with Gasteiger partial charge in [0, 0.05) is 6.20 Å². The van der Waals surface area contributed by atoms with Crippen molar-refractivity contribution in [3.63, 3.8) is 0 Å². The maximum Gasteiger partial charge on any atom is 0.352 e. The fraction of sp³-hybridized carbons (Fsp3) is 0. The Morgan fingerprint density at radius 1 is 1.56 bits per heavy atom. The second kappa shape index (κ2) is 2.31. The lowest BCUT2D eigenvalue weighted by Crippen LogP contribution is -2.15. The molecule has 2 nitrogen and oxygen atoms in total. The van der Waals surface area contributed by atoms with Crippen LogP contribution < -0.4 is 5.32 Å². The number of allylic oxidation sites excluding steroid dienone is 1. The predicted octanol–water partition coefficient (Wildman–Crippen LogP) is 1.45. The molecule has 0 aromatic carbocycles. The summed E-state index contributed by atoms with van der Waals surface area (Å²) in [6, 6.07) is 0. The monoisotopic (exact) mass is 151 g/mol. The normalized spacial score (nSPS) is 20.3. The van der Waals surface area contributed by atoms with E-state index in [2.05, 4.69) is 4.99 Å². The van der Waals surface area contributed by atoms with Crippen molar-refractivity contribution in [3.05, 3.63) is 17.7 Å². The van der Waals surface area contributed by atoms with E-state index >= 15 is 0 Å². The topological polar surface area (TPSA) is 24.4 Å². The highest BCUT2D eigenvalue weighted by Gasteiger charge is 2.14. The van der Waals surface area contributed by atoms with Crippen LogP contribution in [0.25, 0.3) is 0 Å². The summed E-state index contributed by atoms with van der Waals surface area (Å²) in [5, 5.41) is 1.77. The maximum atomic E-state index is 12.1. The van der Waals surface area contributed by atoms with Gasteiger partial charge in [-0.3, -0.25) is 0 Å². The first kappa shape index (κ1) is 6.48. The molecule has 0 bridgehead atoms. The molecule has 0 aliphatic carbocycles. The summed E-state index contributed by atoms with van der Waals surface area (Å²) in [5.74, 6) is -1.01. The quantitative estimate of drug-likeness (QED) is 0.521. The third-order valence-electron chi connectivity index (χ3n) is 0.711. The van der Waals surface area contributed by atoms with Crippen LogP contribution in [-0.4, -0.2) is 5.97 Å². The Kier molecular flexibility index (Phi) is 1.66. The Labute approximate surface area is 55.2 Å². The second-order valence-corrected chi connectivity index (χ2v) is 1.74. The molecule has 0 unspecified atom stereocenters. The minimum Gasteiger partial charge on any atom is -0.334 e. The van der Waals surface area contributed by atoms with Gasteiger partial charge in [0.1, 0.15) is 5.03 Å². The highest BCUT2D eigenvalue weighted by atomic mass is 35.5. The standard InChI is InChI=1S/C4H2ClF2N2/c5-2-1-8-4(7)9-3(2)6/h1,8H. The van der Waals surface area contributed by atoms with Gasteiger partial charge in [-0.2, -0.15) is 13.8 Å². The Balaban J connectivity index is 2.75. The molecule has 0 amide bonds. The minimum absolute atomic E-state index is 0.226. The molecule has 9 heavy (non-hydrogen) atoms. The summed E-state index contributed by atoms with van der Waals surface area (Å²) >= 11 is 5.15. The number of nitrogens with zero attached hydrogens (tertiary/aromatic N) is 1. The summed E-state index contributed by atoms with van der Waals surface area (Å²) in [7, 11) is 0. The number of nitrogens with one attached hydrogen (secondary N) is 1. The van der Waals surface area contributed by atoms with Crippen molar-refractivity contribution >= 4 is 17.6 Å². The summed E-state index contributed by atoms with van der Waals surface area (Å²) in [6.45, 7) is 0. The van der Waals surface area contributed by atoms with Crippen molar-refractivity contribution in [1.29, 1.82) is 0 Å². The molecule has 1 aliphatic heterocycles. The van der Waals surface area contributed by atoms with E-state index in [-0.39, 0.29) is 5.03 Å². The van der Waals surface area contributed by atoms with Crippen LogP contribution in [0.1, 0.15) is 0 Å². The number of rotatable bonds is 0. The Hall–Kier alpha value is -0.640. The smallest absolute Gasteiger partial charge is 0.334 e. The van der Waals surface area contributed by atoms with Crippen LogP contribution >= 0.6 is 11.6 Å². The summed E-state index contributed by atoms with van der Waals surface area (Å²) < 4.78 is 24.0. The average Bonchev–Trinajstić information content (AvgIpc) is 1.80. The van der Waals surface area contributed by atoms with Gasteiger partial charge in [0.05, 0.1) is 0 Å². The van der Waals surface area contributed by atoms with Crippen LogP contribution in [0, 0.1) is 6.42 Å². The molecule has 1 rings (SSSR count). The number of hydrogen-bond acceptors (Lipinski definition) is 2. The van der Waals surface area contributed by atoms with Gasteiger partial charge < -0.3 is 5.32 Å². The molecule has 49 valence electrons. The van der Waals surface area contributed by atoms with E-state index in [1.165, 1.54) is 0 Å². The zero-order chi connectivity index (χ0) is 6.85. The molecule has 0 spiro atoms. The number of halogens is 3. The van der Waals surface area contributed by atoms with Crippen LogP contribution in [0.2, 0.25) is 0 Å². The molecular weight excluding hydrogens is 150 g/mol. The van der Waals surface area contributed by atoms with Gasteiger partial charge in [-0.1, -0.05) is 11.6 Å². The first-order chi connectivity index (χ1) is 4.20. The lowest BCUT2D eigenvalue weighted by Gasteiger charge is -2.05. The molecule has 0 aromatic heterocycles. The van der Waals surface area contributed by atoms with Crippen molar-refractivity contribution in [2.45, 2.75) is 0 Å². The molecular formula is C4H2ClF2N2. The van der Waals surface area contributed by atoms with E-state index in [1.54, 1.807) is 0 Å². The zero-order valence-electron chi connectivity index (χ0n) is 4.16. The van der Waals surface area contributed by atoms with Gasteiger partial charge in [0.25, 0.3) is 0 Å². The molecule has 0 saturated heterocycles.